The van der Waals surface area contributed by atoms with Crippen LogP contribution in [0.3, 0.4) is 0 Å². The molecule has 0 radical (unpaired) electrons. The second kappa shape index (κ2) is 5.12. The zero-order chi connectivity index (χ0) is 12.4. The molecule has 0 aliphatic carbocycles. The summed E-state index contributed by atoms with van der Waals surface area (Å²) in [5, 5.41) is 4.32. The summed E-state index contributed by atoms with van der Waals surface area (Å²) >= 11 is 3.35. The molecule has 5 heteroatoms. The molecule has 4 nitrogen and oxygen atoms in total. The van der Waals surface area contributed by atoms with Crippen LogP contribution in [0.25, 0.3) is 5.69 Å². The van der Waals surface area contributed by atoms with E-state index in [-0.39, 0.29) is 0 Å². The minimum absolute atomic E-state index is 0.813. The van der Waals surface area contributed by atoms with Crippen LogP contribution in [-0.2, 0) is 4.74 Å². The number of hydrogen-bond donors (Lipinski definition) is 0. The monoisotopic (exact) mass is 307 g/mol. The van der Waals surface area contributed by atoms with Crippen molar-refractivity contribution in [2.75, 3.05) is 31.2 Å². The molecule has 2 heterocycles. The van der Waals surface area contributed by atoms with Crippen LogP contribution in [0.4, 0.5) is 5.69 Å². The third-order valence-electron chi connectivity index (χ3n) is 3.05. The Balaban J connectivity index is 1.80. The maximum Gasteiger partial charge on any atom is 0.128 e. The van der Waals surface area contributed by atoms with E-state index in [1.807, 2.05) is 16.9 Å². The number of morpholine rings is 1. The zero-order valence-electron chi connectivity index (χ0n) is 9.92. The van der Waals surface area contributed by atoms with E-state index >= 15 is 0 Å². The molecule has 1 aromatic carbocycles. The second-order valence-electron chi connectivity index (χ2n) is 4.20. The SMILES string of the molecule is Brc1ccn(-c2ccc(N3CCOCC3)cc2)n1. The highest BCUT2D eigenvalue weighted by Gasteiger charge is 2.10. The van der Waals surface area contributed by atoms with Gasteiger partial charge in [0, 0.05) is 25.0 Å². The average Bonchev–Trinajstić information content (AvgIpc) is 2.87. The Morgan fingerprint density at radius 1 is 1.00 bits per heavy atom. The standard InChI is InChI=1S/C13H14BrN3O/c14-13-5-6-17(15-13)12-3-1-11(2-4-12)16-7-9-18-10-8-16/h1-6H,7-10H2. The Morgan fingerprint density at radius 2 is 1.67 bits per heavy atom. The molecular formula is C13H14BrN3O. The summed E-state index contributed by atoms with van der Waals surface area (Å²) < 4.78 is 8.06. The smallest absolute Gasteiger partial charge is 0.128 e. The molecule has 0 saturated carbocycles. The molecule has 2 aromatic rings. The van der Waals surface area contributed by atoms with Gasteiger partial charge in [-0.2, -0.15) is 5.10 Å². The van der Waals surface area contributed by atoms with Crippen molar-refractivity contribution in [1.82, 2.24) is 9.78 Å². The van der Waals surface area contributed by atoms with Crippen LogP contribution in [0, 0.1) is 0 Å². The van der Waals surface area contributed by atoms with Gasteiger partial charge in [-0.3, -0.25) is 0 Å². The Labute approximate surface area is 114 Å². The summed E-state index contributed by atoms with van der Waals surface area (Å²) in [4.78, 5) is 2.34. The Hall–Kier alpha value is -1.33. The van der Waals surface area contributed by atoms with Gasteiger partial charge in [0.15, 0.2) is 0 Å². The first-order valence-electron chi connectivity index (χ1n) is 5.97. The molecule has 0 unspecified atom stereocenters. The van der Waals surface area contributed by atoms with Gasteiger partial charge in [0.25, 0.3) is 0 Å². The van der Waals surface area contributed by atoms with Crippen LogP contribution < -0.4 is 4.90 Å². The summed E-state index contributed by atoms with van der Waals surface area (Å²) in [6, 6.07) is 10.4. The Morgan fingerprint density at radius 3 is 2.28 bits per heavy atom. The van der Waals surface area contributed by atoms with Gasteiger partial charge >= 0.3 is 0 Å². The molecule has 1 fully saturated rings. The van der Waals surface area contributed by atoms with Crippen molar-refractivity contribution in [3.63, 3.8) is 0 Å². The summed E-state index contributed by atoms with van der Waals surface area (Å²) in [6.45, 7) is 3.56. The number of benzene rings is 1. The molecule has 0 N–H and O–H groups in total. The molecule has 1 saturated heterocycles. The summed E-state index contributed by atoms with van der Waals surface area (Å²) in [5.41, 5.74) is 2.31. The van der Waals surface area contributed by atoms with Crippen molar-refractivity contribution in [3.05, 3.63) is 41.1 Å². The lowest BCUT2D eigenvalue weighted by Gasteiger charge is -2.28. The molecule has 1 aromatic heterocycles. The topological polar surface area (TPSA) is 30.3 Å². The maximum atomic E-state index is 5.36. The summed E-state index contributed by atoms with van der Waals surface area (Å²) in [7, 11) is 0. The van der Waals surface area contributed by atoms with Gasteiger partial charge in [-0.15, -0.1) is 0 Å². The molecule has 0 atom stereocenters. The first-order valence-corrected chi connectivity index (χ1v) is 6.76. The van der Waals surface area contributed by atoms with Gasteiger partial charge in [0.1, 0.15) is 4.60 Å². The minimum Gasteiger partial charge on any atom is -0.378 e. The molecule has 94 valence electrons. The Kier molecular flexibility index (Phi) is 3.34. The van der Waals surface area contributed by atoms with Gasteiger partial charge in [0.05, 0.1) is 18.9 Å². The van der Waals surface area contributed by atoms with Gasteiger partial charge < -0.3 is 9.64 Å². The van der Waals surface area contributed by atoms with Gasteiger partial charge in [0.2, 0.25) is 0 Å². The van der Waals surface area contributed by atoms with Crippen LogP contribution in [-0.4, -0.2) is 36.1 Å². The zero-order valence-corrected chi connectivity index (χ0v) is 11.5. The number of aromatic nitrogens is 2. The van der Waals surface area contributed by atoms with Crippen molar-refractivity contribution in [2.24, 2.45) is 0 Å². The summed E-state index contributed by atoms with van der Waals surface area (Å²) in [6.07, 6.45) is 1.94. The van der Waals surface area contributed by atoms with E-state index in [0.717, 1.165) is 36.6 Å². The first-order chi connectivity index (χ1) is 8.83. The molecule has 3 rings (SSSR count). The fraction of sp³-hybridized carbons (Fsp3) is 0.308. The van der Waals surface area contributed by atoms with Crippen LogP contribution >= 0.6 is 15.9 Å². The lowest BCUT2D eigenvalue weighted by atomic mass is 10.2. The predicted molar refractivity (Wildman–Crippen MR) is 74.3 cm³/mol. The number of rotatable bonds is 2. The van der Waals surface area contributed by atoms with Gasteiger partial charge in [-0.05, 0) is 46.3 Å². The fourth-order valence-electron chi connectivity index (χ4n) is 2.08. The van der Waals surface area contributed by atoms with E-state index < -0.39 is 0 Å². The molecule has 0 spiro atoms. The summed E-state index contributed by atoms with van der Waals surface area (Å²) in [5.74, 6) is 0. The van der Waals surface area contributed by atoms with E-state index in [0.29, 0.717) is 0 Å². The number of halogens is 1. The molecule has 0 amide bonds. The highest BCUT2D eigenvalue weighted by molar-refractivity contribution is 9.10. The fourth-order valence-corrected chi connectivity index (χ4v) is 2.37. The normalized spacial score (nSPS) is 15.9. The van der Waals surface area contributed by atoms with E-state index in [4.69, 9.17) is 4.74 Å². The van der Waals surface area contributed by atoms with Crippen LogP contribution in [0.2, 0.25) is 0 Å². The molecule has 0 bridgehead atoms. The third kappa shape index (κ3) is 2.42. The molecule has 1 aliphatic heterocycles. The number of anilines is 1. The largest absolute Gasteiger partial charge is 0.378 e. The average molecular weight is 308 g/mol. The highest BCUT2D eigenvalue weighted by Crippen LogP contribution is 2.19. The molecule has 1 aliphatic rings. The van der Waals surface area contributed by atoms with Crippen LogP contribution in [0.1, 0.15) is 0 Å². The van der Waals surface area contributed by atoms with Crippen molar-refractivity contribution in [3.8, 4) is 5.69 Å². The molecular weight excluding hydrogens is 294 g/mol. The van der Waals surface area contributed by atoms with Crippen molar-refractivity contribution in [2.45, 2.75) is 0 Å². The lowest BCUT2D eigenvalue weighted by molar-refractivity contribution is 0.122. The number of hydrogen-bond acceptors (Lipinski definition) is 3. The third-order valence-corrected chi connectivity index (χ3v) is 3.47. The first kappa shape index (κ1) is 11.7. The lowest BCUT2D eigenvalue weighted by Crippen LogP contribution is -2.36. The highest BCUT2D eigenvalue weighted by atomic mass is 79.9. The maximum absolute atomic E-state index is 5.36. The van der Waals surface area contributed by atoms with Crippen molar-refractivity contribution in [1.29, 1.82) is 0 Å². The van der Waals surface area contributed by atoms with Gasteiger partial charge in [-0.25, -0.2) is 4.68 Å². The Bertz CT molecular complexity index is 517. The van der Waals surface area contributed by atoms with Gasteiger partial charge in [-0.1, -0.05) is 0 Å². The quantitative estimate of drug-likeness (QED) is 0.854. The van der Waals surface area contributed by atoms with Crippen molar-refractivity contribution < 1.29 is 4.74 Å². The van der Waals surface area contributed by atoms with E-state index in [2.05, 4.69) is 50.2 Å². The van der Waals surface area contributed by atoms with E-state index in [1.54, 1.807) is 0 Å². The van der Waals surface area contributed by atoms with Crippen LogP contribution in [0.5, 0.6) is 0 Å². The van der Waals surface area contributed by atoms with E-state index in [9.17, 15) is 0 Å². The predicted octanol–water partition coefficient (Wildman–Crippen LogP) is 2.47. The minimum atomic E-state index is 0.813. The van der Waals surface area contributed by atoms with Crippen LogP contribution in [0.15, 0.2) is 41.1 Å². The van der Waals surface area contributed by atoms with E-state index in [1.165, 1.54) is 5.69 Å². The molecule has 18 heavy (non-hydrogen) atoms. The second-order valence-corrected chi connectivity index (χ2v) is 5.01. The number of ether oxygens (including phenoxy) is 1. The van der Waals surface area contributed by atoms with Crippen molar-refractivity contribution >= 4 is 21.6 Å². The number of nitrogens with zero attached hydrogens (tertiary/aromatic N) is 3.